The zero-order chi connectivity index (χ0) is 20.8. The molecular formula is C22H24N2O5. The molecule has 0 aliphatic heterocycles. The number of hydrogen-bond donors (Lipinski definition) is 1. The van der Waals surface area contributed by atoms with Crippen molar-refractivity contribution in [2.75, 3.05) is 7.11 Å². The van der Waals surface area contributed by atoms with Crippen molar-refractivity contribution in [3.05, 3.63) is 53.6 Å². The second-order valence-electron chi connectivity index (χ2n) is 7.00. The molecule has 1 aliphatic rings. The van der Waals surface area contributed by atoms with E-state index in [-0.39, 0.29) is 23.9 Å². The van der Waals surface area contributed by atoms with E-state index in [0.29, 0.717) is 28.4 Å². The molecule has 0 saturated heterocycles. The normalized spacial score (nSPS) is 13.4. The van der Waals surface area contributed by atoms with Crippen molar-refractivity contribution >= 4 is 18.1 Å². The Kier molecular flexibility index (Phi) is 6.49. The first-order chi connectivity index (χ1) is 14.0. The molecule has 0 aromatic heterocycles. The average Bonchev–Trinajstić information content (AvgIpc) is 3.54. The quantitative estimate of drug-likeness (QED) is 0.319. The molecule has 2 aromatic rings. The van der Waals surface area contributed by atoms with Crippen LogP contribution in [0, 0.1) is 5.92 Å². The second-order valence-corrected chi connectivity index (χ2v) is 7.00. The summed E-state index contributed by atoms with van der Waals surface area (Å²) in [7, 11) is 1.50. The fraction of sp³-hybridized carbons (Fsp3) is 0.318. The number of nitrogens with one attached hydrogen (secondary N) is 1. The Morgan fingerprint density at radius 2 is 1.83 bits per heavy atom. The fourth-order valence-electron chi connectivity index (χ4n) is 2.55. The lowest BCUT2D eigenvalue weighted by Gasteiger charge is -2.10. The molecule has 0 radical (unpaired) electrons. The third-order valence-corrected chi connectivity index (χ3v) is 4.18. The van der Waals surface area contributed by atoms with E-state index in [1.54, 1.807) is 42.5 Å². The van der Waals surface area contributed by atoms with Crippen LogP contribution in [0.15, 0.2) is 47.6 Å². The molecule has 0 unspecified atom stereocenters. The highest BCUT2D eigenvalue weighted by molar-refractivity contribution is 5.95. The van der Waals surface area contributed by atoms with Gasteiger partial charge in [0.2, 0.25) is 0 Å². The van der Waals surface area contributed by atoms with Gasteiger partial charge in [-0.05, 0) is 74.7 Å². The van der Waals surface area contributed by atoms with Crippen LogP contribution in [-0.4, -0.2) is 31.3 Å². The first-order valence-electron chi connectivity index (χ1n) is 9.46. The highest BCUT2D eigenvalue weighted by Gasteiger charge is 2.32. The van der Waals surface area contributed by atoms with E-state index in [1.165, 1.54) is 13.3 Å². The number of rotatable bonds is 8. The van der Waals surface area contributed by atoms with Gasteiger partial charge < -0.3 is 14.2 Å². The van der Waals surface area contributed by atoms with Gasteiger partial charge in [0.15, 0.2) is 11.5 Å². The summed E-state index contributed by atoms with van der Waals surface area (Å²) in [4.78, 5) is 24.0. The minimum Gasteiger partial charge on any atom is -0.493 e. The standard InChI is InChI=1S/C22H24N2O5/c1-14(2)28-18-9-7-16(8-10-18)21(25)24-23-13-15-4-11-19(20(12-15)27-3)29-22(26)17-5-6-17/h4,7-14,17H,5-6H2,1-3H3,(H,24,25)/b23-13-. The summed E-state index contributed by atoms with van der Waals surface area (Å²) in [6, 6.07) is 11.9. The molecule has 7 heteroatoms. The molecule has 3 rings (SSSR count). The highest BCUT2D eigenvalue weighted by atomic mass is 16.6. The number of methoxy groups -OCH3 is 1. The van der Waals surface area contributed by atoms with E-state index in [2.05, 4.69) is 10.5 Å². The number of amides is 1. The maximum absolute atomic E-state index is 12.2. The fourth-order valence-corrected chi connectivity index (χ4v) is 2.55. The summed E-state index contributed by atoms with van der Waals surface area (Å²) >= 11 is 0. The van der Waals surface area contributed by atoms with Gasteiger partial charge in [0, 0.05) is 5.56 Å². The topological polar surface area (TPSA) is 86.2 Å². The van der Waals surface area contributed by atoms with E-state index in [1.807, 2.05) is 13.8 Å². The van der Waals surface area contributed by atoms with E-state index < -0.39 is 0 Å². The molecule has 0 bridgehead atoms. The van der Waals surface area contributed by atoms with Crippen molar-refractivity contribution in [2.24, 2.45) is 11.0 Å². The van der Waals surface area contributed by atoms with Crippen molar-refractivity contribution < 1.29 is 23.8 Å². The first kappa shape index (κ1) is 20.4. The van der Waals surface area contributed by atoms with Crippen LogP contribution in [0.3, 0.4) is 0 Å². The van der Waals surface area contributed by atoms with E-state index in [4.69, 9.17) is 14.2 Å². The molecule has 0 atom stereocenters. The third kappa shape index (κ3) is 5.81. The SMILES string of the molecule is COc1cc(/C=N\NC(=O)c2ccc(OC(C)C)cc2)ccc1OC(=O)C1CC1. The van der Waals surface area contributed by atoms with Crippen molar-refractivity contribution in [3.63, 3.8) is 0 Å². The van der Waals surface area contributed by atoms with Crippen molar-refractivity contribution in [1.82, 2.24) is 5.43 Å². The van der Waals surface area contributed by atoms with Crippen LogP contribution in [0.5, 0.6) is 17.2 Å². The molecular weight excluding hydrogens is 372 g/mol. The zero-order valence-electron chi connectivity index (χ0n) is 16.7. The number of hydrogen-bond acceptors (Lipinski definition) is 6. The third-order valence-electron chi connectivity index (χ3n) is 4.18. The first-order valence-corrected chi connectivity index (χ1v) is 9.46. The van der Waals surface area contributed by atoms with Crippen LogP contribution in [0.4, 0.5) is 0 Å². The molecule has 29 heavy (non-hydrogen) atoms. The Labute approximate surface area is 169 Å². The number of carbonyl (C=O) groups excluding carboxylic acids is 2. The Balaban J connectivity index is 1.59. The van der Waals surface area contributed by atoms with E-state index in [9.17, 15) is 9.59 Å². The lowest BCUT2D eigenvalue weighted by molar-refractivity contribution is -0.135. The Morgan fingerprint density at radius 1 is 1.10 bits per heavy atom. The van der Waals surface area contributed by atoms with Gasteiger partial charge in [0.1, 0.15) is 5.75 Å². The molecule has 1 N–H and O–H groups in total. The molecule has 152 valence electrons. The summed E-state index contributed by atoms with van der Waals surface area (Å²) < 4.78 is 16.2. The van der Waals surface area contributed by atoms with Crippen molar-refractivity contribution in [3.8, 4) is 17.2 Å². The number of hydrazone groups is 1. The van der Waals surface area contributed by atoms with Crippen LogP contribution in [0.25, 0.3) is 0 Å². The van der Waals surface area contributed by atoms with Gasteiger partial charge in [-0.15, -0.1) is 0 Å². The maximum Gasteiger partial charge on any atom is 0.314 e. The van der Waals surface area contributed by atoms with E-state index >= 15 is 0 Å². The smallest absolute Gasteiger partial charge is 0.314 e. The maximum atomic E-state index is 12.2. The highest BCUT2D eigenvalue weighted by Crippen LogP contribution is 2.34. The predicted octanol–water partition coefficient (Wildman–Crippen LogP) is 3.56. The largest absolute Gasteiger partial charge is 0.493 e. The van der Waals surface area contributed by atoms with E-state index in [0.717, 1.165) is 12.8 Å². The van der Waals surface area contributed by atoms with Crippen LogP contribution in [0.2, 0.25) is 0 Å². The molecule has 0 spiro atoms. The van der Waals surface area contributed by atoms with Gasteiger partial charge in [-0.3, -0.25) is 9.59 Å². The van der Waals surface area contributed by atoms with Gasteiger partial charge in [0.05, 0.1) is 25.3 Å². The van der Waals surface area contributed by atoms with Gasteiger partial charge >= 0.3 is 5.97 Å². The summed E-state index contributed by atoms with van der Waals surface area (Å²) in [6.45, 7) is 3.88. The Bertz CT molecular complexity index is 902. The monoisotopic (exact) mass is 396 g/mol. The zero-order valence-corrected chi connectivity index (χ0v) is 16.7. The van der Waals surface area contributed by atoms with Crippen molar-refractivity contribution in [2.45, 2.75) is 32.8 Å². The van der Waals surface area contributed by atoms with Crippen LogP contribution in [-0.2, 0) is 4.79 Å². The van der Waals surface area contributed by atoms with Gasteiger partial charge in [-0.25, -0.2) is 5.43 Å². The van der Waals surface area contributed by atoms with Gasteiger partial charge in [-0.1, -0.05) is 0 Å². The summed E-state index contributed by atoms with van der Waals surface area (Å²) in [6.07, 6.45) is 3.31. The number of benzene rings is 2. The van der Waals surface area contributed by atoms with Gasteiger partial charge in [-0.2, -0.15) is 5.10 Å². The summed E-state index contributed by atoms with van der Waals surface area (Å²) in [5.74, 6) is 0.933. The Morgan fingerprint density at radius 3 is 2.45 bits per heavy atom. The molecule has 1 saturated carbocycles. The number of ether oxygens (including phenoxy) is 3. The van der Waals surface area contributed by atoms with Crippen LogP contribution >= 0.6 is 0 Å². The lowest BCUT2D eigenvalue weighted by atomic mass is 10.2. The number of esters is 1. The van der Waals surface area contributed by atoms with Crippen LogP contribution < -0.4 is 19.6 Å². The van der Waals surface area contributed by atoms with Crippen molar-refractivity contribution in [1.29, 1.82) is 0 Å². The molecule has 2 aromatic carbocycles. The van der Waals surface area contributed by atoms with Crippen LogP contribution in [0.1, 0.15) is 42.6 Å². The number of nitrogens with zero attached hydrogens (tertiary/aromatic N) is 1. The minimum absolute atomic E-state index is 0.00200. The summed E-state index contributed by atoms with van der Waals surface area (Å²) in [5, 5.41) is 3.97. The molecule has 1 aliphatic carbocycles. The molecule has 0 heterocycles. The number of carbonyl (C=O) groups is 2. The average molecular weight is 396 g/mol. The molecule has 7 nitrogen and oxygen atoms in total. The second kappa shape index (κ2) is 9.23. The summed E-state index contributed by atoms with van der Waals surface area (Å²) in [5.41, 5.74) is 3.64. The predicted molar refractivity (Wildman–Crippen MR) is 109 cm³/mol. The molecule has 1 fully saturated rings. The minimum atomic E-state index is -0.334. The Hall–Kier alpha value is -3.35. The molecule has 1 amide bonds. The lowest BCUT2D eigenvalue weighted by Crippen LogP contribution is -2.17. The van der Waals surface area contributed by atoms with Gasteiger partial charge in [0.25, 0.3) is 5.91 Å².